The normalized spacial score (nSPS) is 10.9. The molecule has 0 atom stereocenters. The van der Waals surface area contributed by atoms with Crippen molar-refractivity contribution >= 4 is 23.8 Å². The van der Waals surface area contributed by atoms with Gasteiger partial charge in [0, 0.05) is 23.6 Å². The molecule has 0 saturated heterocycles. The summed E-state index contributed by atoms with van der Waals surface area (Å²) in [6.07, 6.45) is 3.37. The van der Waals surface area contributed by atoms with Crippen LogP contribution in [0.3, 0.4) is 0 Å². The van der Waals surface area contributed by atoms with Crippen LogP contribution in [0.5, 0.6) is 11.5 Å². The first-order valence-electron chi connectivity index (χ1n) is 10.7. The van der Waals surface area contributed by atoms with E-state index in [2.05, 4.69) is 42.9 Å². The summed E-state index contributed by atoms with van der Waals surface area (Å²) in [6.45, 7) is 6.19. The molecule has 0 bridgehead atoms. The molecule has 0 aliphatic carbocycles. The highest BCUT2D eigenvalue weighted by Crippen LogP contribution is 2.25. The van der Waals surface area contributed by atoms with Crippen molar-refractivity contribution in [1.82, 2.24) is 0 Å². The number of rotatable bonds is 4. The summed E-state index contributed by atoms with van der Waals surface area (Å²) < 4.78 is 0. The fourth-order valence-corrected chi connectivity index (χ4v) is 3.36. The zero-order valence-corrected chi connectivity index (χ0v) is 19.1. The number of nitrogens with zero attached hydrogens (tertiary/aromatic N) is 2. The molecule has 4 heteroatoms. The van der Waals surface area contributed by atoms with E-state index in [1.807, 2.05) is 54.6 Å². The third-order valence-electron chi connectivity index (χ3n) is 4.95. The minimum absolute atomic E-state index is 0.247. The van der Waals surface area contributed by atoms with Gasteiger partial charge in [0.1, 0.15) is 11.5 Å². The van der Waals surface area contributed by atoms with Crippen LogP contribution in [0.25, 0.3) is 0 Å². The Balaban J connectivity index is 0.000000189. The topological polar surface area (TPSA) is 65.2 Å². The molecule has 166 valence electrons. The maximum absolute atomic E-state index is 9.68. The van der Waals surface area contributed by atoms with Gasteiger partial charge < -0.3 is 10.2 Å². The minimum Gasteiger partial charge on any atom is -0.507 e. The third kappa shape index (κ3) is 6.91. The Hall–Kier alpha value is -4.18. The van der Waals surface area contributed by atoms with Crippen LogP contribution < -0.4 is 0 Å². The Labute approximate surface area is 195 Å². The Morgan fingerprint density at radius 3 is 1.55 bits per heavy atom. The van der Waals surface area contributed by atoms with Gasteiger partial charge in [-0.2, -0.15) is 0 Å². The van der Waals surface area contributed by atoms with Gasteiger partial charge in [-0.1, -0.05) is 60.2 Å². The molecule has 4 nitrogen and oxygen atoms in total. The Morgan fingerprint density at radius 2 is 1.03 bits per heavy atom. The van der Waals surface area contributed by atoms with Crippen LogP contribution in [0.4, 0.5) is 11.4 Å². The summed E-state index contributed by atoms with van der Waals surface area (Å²) in [5, 5.41) is 19.2. The molecule has 0 unspecified atom stereocenters. The molecule has 0 amide bonds. The van der Waals surface area contributed by atoms with Crippen molar-refractivity contribution in [2.75, 3.05) is 0 Å². The van der Waals surface area contributed by atoms with Crippen molar-refractivity contribution in [2.24, 2.45) is 9.98 Å². The maximum Gasteiger partial charge on any atom is 0.124 e. The van der Waals surface area contributed by atoms with Gasteiger partial charge in [-0.25, -0.2) is 0 Å². The molecule has 0 aromatic heterocycles. The van der Waals surface area contributed by atoms with Crippen molar-refractivity contribution in [3.8, 4) is 11.5 Å². The first kappa shape index (κ1) is 23.5. The van der Waals surface area contributed by atoms with E-state index in [4.69, 9.17) is 0 Å². The number of aromatic hydroxyl groups is 2. The highest BCUT2D eigenvalue weighted by Gasteiger charge is 2.02. The van der Waals surface area contributed by atoms with E-state index in [0.29, 0.717) is 0 Å². The highest BCUT2D eigenvalue weighted by molar-refractivity contribution is 5.86. The first-order chi connectivity index (χ1) is 15.9. The summed E-state index contributed by atoms with van der Waals surface area (Å²) in [5.41, 5.74) is 6.85. The van der Waals surface area contributed by atoms with Gasteiger partial charge >= 0.3 is 0 Å². The van der Waals surface area contributed by atoms with Crippen molar-refractivity contribution in [1.29, 1.82) is 0 Å². The molecule has 4 aromatic carbocycles. The predicted molar refractivity (Wildman–Crippen MR) is 138 cm³/mol. The monoisotopic (exact) mass is 436 g/mol. The SMILES string of the molecule is Cc1cc(C)c(N=Cc2ccccc2O)c(C)c1.Oc1ccccc1C=Nc1ccccc1. The summed E-state index contributed by atoms with van der Waals surface area (Å²) in [5.74, 6) is 0.501. The van der Waals surface area contributed by atoms with Crippen molar-refractivity contribution in [3.63, 3.8) is 0 Å². The minimum atomic E-state index is 0.247. The van der Waals surface area contributed by atoms with Crippen LogP contribution in [0, 0.1) is 20.8 Å². The molecular weight excluding hydrogens is 408 g/mol. The largest absolute Gasteiger partial charge is 0.507 e. The quantitative estimate of drug-likeness (QED) is 0.332. The molecule has 4 aromatic rings. The second kappa shape index (κ2) is 11.4. The van der Waals surface area contributed by atoms with Crippen LogP contribution in [-0.2, 0) is 0 Å². The summed E-state index contributed by atoms with van der Waals surface area (Å²) in [6, 6.07) is 28.2. The Morgan fingerprint density at radius 1 is 0.576 bits per heavy atom. The molecule has 0 radical (unpaired) electrons. The van der Waals surface area contributed by atoms with E-state index in [-0.39, 0.29) is 11.5 Å². The molecule has 0 fully saturated rings. The van der Waals surface area contributed by atoms with E-state index in [0.717, 1.165) is 33.6 Å². The fourth-order valence-electron chi connectivity index (χ4n) is 3.36. The van der Waals surface area contributed by atoms with Gasteiger partial charge in [0.2, 0.25) is 0 Å². The van der Waals surface area contributed by atoms with E-state index >= 15 is 0 Å². The van der Waals surface area contributed by atoms with Crippen LogP contribution in [0.2, 0.25) is 0 Å². The van der Waals surface area contributed by atoms with Gasteiger partial charge in [0.15, 0.2) is 0 Å². The van der Waals surface area contributed by atoms with Gasteiger partial charge in [0.05, 0.1) is 11.4 Å². The van der Waals surface area contributed by atoms with Crippen LogP contribution in [0.1, 0.15) is 27.8 Å². The van der Waals surface area contributed by atoms with Crippen LogP contribution >= 0.6 is 0 Å². The van der Waals surface area contributed by atoms with Gasteiger partial charge in [-0.05, 0) is 68.3 Å². The smallest absolute Gasteiger partial charge is 0.124 e. The molecule has 0 aliphatic heterocycles. The molecule has 2 N–H and O–H groups in total. The average molecular weight is 437 g/mol. The Kier molecular flexibility index (Phi) is 8.14. The number of aliphatic imine (C=N–C) groups is 2. The van der Waals surface area contributed by atoms with Crippen LogP contribution in [-0.4, -0.2) is 22.6 Å². The number of benzene rings is 4. The lowest BCUT2D eigenvalue weighted by atomic mass is 10.1. The number of hydrogen-bond acceptors (Lipinski definition) is 4. The molecule has 33 heavy (non-hydrogen) atoms. The van der Waals surface area contributed by atoms with Crippen molar-refractivity contribution in [3.05, 3.63) is 119 Å². The van der Waals surface area contributed by atoms with E-state index in [1.165, 1.54) is 5.56 Å². The summed E-state index contributed by atoms with van der Waals surface area (Å²) >= 11 is 0. The average Bonchev–Trinajstić information content (AvgIpc) is 2.80. The fraction of sp³-hybridized carbons (Fsp3) is 0.103. The summed E-state index contributed by atoms with van der Waals surface area (Å²) in [4.78, 5) is 8.74. The predicted octanol–water partition coefficient (Wildman–Crippen LogP) is 7.21. The third-order valence-corrected chi connectivity index (χ3v) is 4.95. The molecule has 4 rings (SSSR count). The maximum atomic E-state index is 9.68. The highest BCUT2D eigenvalue weighted by atomic mass is 16.3. The number of phenolic OH excluding ortho intramolecular Hbond substituents is 2. The van der Waals surface area contributed by atoms with Crippen molar-refractivity contribution in [2.45, 2.75) is 20.8 Å². The molecule has 0 saturated carbocycles. The second-order valence-corrected chi connectivity index (χ2v) is 7.72. The van der Waals surface area contributed by atoms with Gasteiger partial charge in [-0.15, -0.1) is 0 Å². The second-order valence-electron chi connectivity index (χ2n) is 7.72. The molecule has 0 aliphatic rings. The van der Waals surface area contributed by atoms with Crippen molar-refractivity contribution < 1.29 is 10.2 Å². The van der Waals surface area contributed by atoms with Crippen LogP contribution in [0.15, 0.2) is 101 Å². The lowest BCUT2D eigenvalue weighted by Crippen LogP contribution is -1.86. The summed E-state index contributed by atoms with van der Waals surface area (Å²) in [7, 11) is 0. The Bertz CT molecular complexity index is 1240. The molecular formula is C29H28N2O2. The van der Waals surface area contributed by atoms with E-state index < -0.39 is 0 Å². The molecule has 0 heterocycles. The molecule has 0 spiro atoms. The first-order valence-corrected chi connectivity index (χ1v) is 10.7. The van der Waals surface area contributed by atoms with E-state index in [1.54, 1.807) is 36.7 Å². The number of aryl methyl sites for hydroxylation is 3. The standard InChI is InChI=1S/C16H17NO.C13H11NO/c1-11-8-12(2)16(13(3)9-11)17-10-14-6-4-5-7-15(14)18;15-13-9-5-4-6-11(13)10-14-12-7-2-1-3-8-12/h4-10,18H,1-3H3;1-10,15H. The zero-order chi connectivity index (χ0) is 23.6. The number of phenols is 2. The lowest BCUT2D eigenvalue weighted by Gasteiger charge is -2.06. The van der Waals surface area contributed by atoms with E-state index in [9.17, 15) is 10.2 Å². The number of hydrogen-bond donors (Lipinski definition) is 2. The zero-order valence-electron chi connectivity index (χ0n) is 19.1. The number of para-hydroxylation sites is 3. The lowest BCUT2D eigenvalue weighted by molar-refractivity contribution is 0.474. The van der Waals surface area contributed by atoms with Gasteiger partial charge in [-0.3, -0.25) is 9.98 Å². The van der Waals surface area contributed by atoms with Gasteiger partial charge in [0.25, 0.3) is 0 Å².